The van der Waals surface area contributed by atoms with Crippen molar-refractivity contribution in [3.8, 4) is 0 Å². The van der Waals surface area contributed by atoms with Gasteiger partial charge in [0.1, 0.15) is 0 Å². The van der Waals surface area contributed by atoms with Crippen LogP contribution >= 0.6 is 0 Å². The minimum absolute atomic E-state index is 0. The van der Waals surface area contributed by atoms with Crippen molar-refractivity contribution in [2.75, 3.05) is 0 Å². The van der Waals surface area contributed by atoms with Gasteiger partial charge in [-0.3, -0.25) is 9.98 Å². The molecule has 0 aliphatic heterocycles. The van der Waals surface area contributed by atoms with Crippen molar-refractivity contribution in [3.63, 3.8) is 0 Å². The molecule has 0 saturated heterocycles. The van der Waals surface area contributed by atoms with Crippen molar-refractivity contribution < 1.29 is 55.8 Å². The van der Waals surface area contributed by atoms with E-state index >= 15 is 0 Å². The van der Waals surface area contributed by atoms with Crippen molar-refractivity contribution in [3.05, 3.63) is 87.7 Å². The zero-order chi connectivity index (χ0) is 24.0. The van der Waals surface area contributed by atoms with Crippen LogP contribution in [0.15, 0.2) is 58.5 Å². The summed E-state index contributed by atoms with van der Waals surface area (Å²) in [5.74, 6) is 0. The molecule has 0 atom stereocenters. The number of benzene rings is 2. The van der Waals surface area contributed by atoms with Gasteiger partial charge in [0, 0.05) is 18.6 Å². The first kappa shape index (κ1) is 37.5. The molecule has 0 aliphatic rings. The predicted octanol–water partition coefficient (Wildman–Crippen LogP) is -1.07. The summed E-state index contributed by atoms with van der Waals surface area (Å²) in [5, 5.41) is 0. The molecule has 7 heteroatoms. The van der Waals surface area contributed by atoms with Gasteiger partial charge in [0.05, 0.1) is 34.2 Å². The number of nitrogens with zero attached hydrogens (tertiary/aromatic N) is 3. The van der Waals surface area contributed by atoms with Crippen LogP contribution in [0.5, 0.6) is 0 Å². The summed E-state index contributed by atoms with van der Waals surface area (Å²) in [6.07, 6.45) is 3.87. The number of hydrogen-bond acceptors (Lipinski definition) is 3. The summed E-state index contributed by atoms with van der Waals surface area (Å²) in [7, 11) is 0. The first-order valence-electron chi connectivity index (χ1n) is 12.2. The summed E-state index contributed by atoms with van der Waals surface area (Å²) in [4.78, 5) is 15.1. The zero-order valence-corrected chi connectivity index (χ0v) is 26.5. The van der Waals surface area contributed by atoms with Crippen molar-refractivity contribution in [2.24, 2.45) is 9.98 Å². The van der Waals surface area contributed by atoms with Gasteiger partial charge >= 0.3 is 0 Å². The minimum Gasteiger partial charge on any atom is -1.00 e. The standard InChI is InChI=1S/C30H37N3.3ClH.V/c1-8-23-14-12-15-24(9-2)29(23)31-21(6)27-18-20(5)19-28(33-27)22(7)32-30-25(10-3)16-13-17-26(30)11-4;;;;/h12-19H,8-11H2,1-7H3;3*1H;/p-3. The van der Waals surface area contributed by atoms with Crippen LogP contribution in [-0.2, 0) is 44.2 Å². The largest absolute Gasteiger partial charge is 1.00 e. The SMILES string of the molecule is CCc1cccc(CC)c1N=C(C)c1cc(C)cc(C(C)=Nc2c(CC)cccc2CC)n1.[Cl-].[Cl-].[Cl-].[V]. The number of hydrogen-bond donors (Lipinski definition) is 0. The molecule has 3 aromatic rings. The molecule has 0 saturated carbocycles. The van der Waals surface area contributed by atoms with Crippen molar-refractivity contribution >= 4 is 22.8 Å². The van der Waals surface area contributed by atoms with Crippen LogP contribution in [0.4, 0.5) is 11.4 Å². The van der Waals surface area contributed by atoms with E-state index in [0.717, 1.165) is 65.4 Å². The zero-order valence-electron chi connectivity index (χ0n) is 22.9. The van der Waals surface area contributed by atoms with Crippen LogP contribution in [0.1, 0.15) is 80.7 Å². The molecule has 1 heterocycles. The van der Waals surface area contributed by atoms with E-state index in [-0.39, 0.29) is 55.8 Å². The second-order valence-electron chi connectivity index (χ2n) is 8.57. The average molecular weight is 597 g/mol. The number of aryl methyl sites for hydroxylation is 5. The molecule has 0 aliphatic carbocycles. The Hall–Kier alpha value is -1.62. The van der Waals surface area contributed by atoms with E-state index in [0.29, 0.717) is 0 Å². The van der Waals surface area contributed by atoms with Crippen LogP contribution in [0.25, 0.3) is 0 Å². The number of rotatable bonds is 8. The van der Waals surface area contributed by atoms with Gasteiger partial charge in [-0.25, -0.2) is 4.98 Å². The molecule has 0 amide bonds. The summed E-state index contributed by atoms with van der Waals surface area (Å²) in [6.45, 7) is 15.0. The fourth-order valence-corrected chi connectivity index (χ4v) is 4.21. The van der Waals surface area contributed by atoms with Crippen molar-refractivity contribution in [1.29, 1.82) is 0 Å². The number of aliphatic imine (C=N–C) groups is 2. The quantitative estimate of drug-likeness (QED) is 0.306. The molecule has 0 bridgehead atoms. The van der Waals surface area contributed by atoms with Crippen LogP contribution in [0, 0.1) is 6.92 Å². The van der Waals surface area contributed by atoms with Crippen LogP contribution < -0.4 is 37.2 Å². The fourth-order valence-electron chi connectivity index (χ4n) is 4.21. The third kappa shape index (κ3) is 9.27. The molecule has 0 fully saturated rings. The van der Waals surface area contributed by atoms with E-state index < -0.39 is 0 Å². The predicted molar refractivity (Wildman–Crippen MR) is 143 cm³/mol. The fraction of sp³-hybridized carbons (Fsp3) is 0.367. The third-order valence-electron chi connectivity index (χ3n) is 6.20. The topological polar surface area (TPSA) is 37.6 Å². The number of para-hydroxylation sites is 2. The van der Waals surface area contributed by atoms with Gasteiger partial charge in [-0.15, -0.1) is 0 Å². The van der Waals surface area contributed by atoms with Gasteiger partial charge in [-0.2, -0.15) is 0 Å². The Morgan fingerprint density at radius 3 is 1.19 bits per heavy atom. The van der Waals surface area contributed by atoms with Gasteiger partial charge in [-0.05, 0) is 86.4 Å². The average Bonchev–Trinajstić information content (AvgIpc) is 2.83. The Balaban J connectivity index is 0. The first-order chi connectivity index (χ1) is 15.9. The molecule has 1 radical (unpaired) electrons. The Morgan fingerprint density at radius 2 is 0.919 bits per heavy atom. The summed E-state index contributed by atoms with van der Waals surface area (Å²) in [6, 6.07) is 17.2. The molecule has 0 spiro atoms. The second-order valence-corrected chi connectivity index (χ2v) is 8.57. The van der Waals surface area contributed by atoms with E-state index in [4.69, 9.17) is 15.0 Å². The molecule has 3 nitrogen and oxygen atoms in total. The van der Waals surface area contributed by atoms with Crippen LogP contribution in [0.3, 0.4) is 0 Å². The molecule has 37 heavy (non-hydrogen) atoms. The molecule has 3 rings (SSSR count). The minimum atomic E-state index is 0. The summed E-state index contributed by atoms with van der Waals surface area (Å²) >= 11 is 0. The van der Waals surface area contributed by atoms with E-state index in [9.17, 15) is 0 Å². The van der Waals surface area contributed by atoms with Crippen molar-refractivity contribution in [2.45, 2.75) is 74.1 Å². The maximum atomic E-state index is 5.07. The monoisotopic (exact) mass is 595 g/mol. The van der Waals surface area contributed by atoms with E-state index in [1.807, 2.05) is 0 Å². The van der Waals surface area contributed by atoms with E-state index in [1.165, 1.54) is 22.3 Å². The number of aromatic nitrogens is 1. The van der Waals surface area contributed by atoms with Gasteiger partial charge in [-0.1, -0.05) is 64.1 Å². The summed E-state index contributed by atoms with van der Waals surface area (Å²) < 4.78 is 0. The molecular formula is C30H37Cl3N3V-3. The van der Waals surface area contributed by atoms with Crippen molar-refractivity contribution in [1.82, 2.24) is 4.98 Å². The van der Waals surface area contributed by atoms with E-state index in [1.54, 1.807) is 0 Å². The normalized spacial score (nSPS) is 11.0. The Labute approximate surface area is 254 Å². The van der Waals surface area contributed by atoms with E-state index in [2.05, 4.69) is 97.0 Å². The Kier molecular flexibility index (Phi) is 18.1. The molecule has 0 N–H and O–H groups in total. The Morgan fingerprint density at radius 1 is 0.622 bits per heavy atom. The smallest absolute Gasteiger partial charge is 0.0852 e. The molecule has 0 unspecified atom stereocenters. The maximum Gasteiger partial charge on any atom is 0.0852 e. The second kappa shape index (κ2) is 17.8. The summed E-state index contributed by atoms with van der Waals surface area (Å²) in [5.41, 5.74) is 12.2. The first-order valence-corrected chi connectivity index (χ1v) is 12.2. The third-order valence-corrected chi connectivity index (χ3v) is 6.20. The molecule has 1 aromatic heterocycles. The molecule has 201 valence electrons. The maximum absolute atomic E-state index is 5.07. The van der Waals surface area contributed by atoms with Crippen LogP contribution in [0.2, 0.25) is 0 Å². The van der Waals surface area contributed by atoms with Gasteiger partial charge in [0.25, 0.3) is 0 Å². The molecule has 2 aromatic carbocycles. The Bertz CT molecular complexity index is 1070. The van der Waals surface area contributed by atoms with Gasteiger partial charge in [0.2, 0.25) is 0 Å². The number of pyridine rings is 1. The number of halogens is 3. The van der Waals surface area contributed by atoms with Crippen LogP contribution in [-0.4, -0.2) is 16.4 Å². The molecular weight excluding hydrogens is 560 g/mol. The van der Waals surface area contributed by atoms with Gasteiger partial charge in [0.15, 0.2) is 0 Å². The van der Waals surface area contributed by atoms with Gasteiger partial charge < -0.3 is 37.2 Å².